The van der Waals surface area contributed by atoms with Crippen molar-refractivity contribution in [3.05, 3.63) is 35.1 Å². The summed E-state index contributed by atoms with van der Waals surface area (Å²) in [6.07, 6.45) is 2.06. The largest absolute Gasteiger partial charge is 0.381 e. The van der Waals surface area contributed by atoms with Gasteiger partial charge in [0, 0.05) is 19.7 Å². The predicted molar refractivity (Wildman–Crippen MR) is 57.0 cm³/mol. The van der Waals surface area contributed by atoms with E-state index in [0.29, 0.717) is 18.2 Å². The molecule has 94 valence electrons. The van der Waals surface area contributed by atoms with Crippen molar-refractivity contribution in [3.63, 3.8) is 0 Å². The molecule has 0 saturated heterocycles. The fourth-order valence-electron chi connectivity index (χ4n) is 1.90. The van der Waals surface area contributed by atoms with Crippen LogP contribution in [-0.4, -0.2) is 19.3 Å². The molecule has 1 fully saturated rings. The minimum atomic E-state index is -1.42. The van der Waals surface area contributed by atoms with Crippen LogP contribution >= 0.6 is 0 Å². The van der Waals surface area contributed by atoms with Gasteiger partial charge in [-0.3, -0.25) is 0 Å². The molecule has 0 heterocycles. The Morgan fingerprint density at radius 2 is 1.82 bits per heavy atom. The van der Waals surface area contributed by atoms with Crippen LogP contribution in [0.15, 0.2) is 12.1 Å². The molecule has 0 unspecified atom stereocenters. The number of benzene rings is 1. The molecule has 0 radical (unpaired) electrons. The molecule has 0 aliphatic heterocycles. The maximum Gasteiger partial charge on any atom is 0.194 e. The van der Waals surface area contributed by atoms with E-state index in [1.54, 1.807) is 7.11 Å². The average molecular weight is 245 g/mol. The van der Waals surface area contributed by atoms with E-state index in [9.17, 15) is 13.2 Å². The topological polar surface area (TPSA) is 21.3 Å². The van der Waals surface area contributed by atoms with E-state index in [4.69, 9.17) is 4.74 Å². The molecular weight excluding hydrogens is 231 g/mol. The van der Waals surface area contributed by atoms with E-state index in [0.717, 1.165) is 25.0 Å². The average Bonchev–Trinajstić information content (AvgIpc) is 2.24. The molecule has 0 bridgehead atoms. The Bertz CT molecular complexity index is 382. The molecule has 1 N–H and O–H groups in total. The third kappa shape index (κ3) is 2.79. The first-order valence-corrected chi connectivity index (χ1v) is 5.49. The van der Waals surface area contributed by atoms with Crippen LogP contribution in [0.1, 0.15) is 18.4 Å². The van der Waals surface area contributed by atoms with Gasteiger partial charge >= 0.3 is 0 Å². The summed E-state index contributed by atoms with van der Waals surface area (Å²) in [5, 5.41) is 3.14. The van der Waals surface area contributed by atoms with Crippen molar-refractivity contribution in [2.24, 2.45) is 0 Å². The van der Waals surface area contributed by atoms with Gasteiger partial charge in [0.2, 0.25) is 0 Å². The summed E-state index contributed by atoms with van der Waals surface area (Å²) >= 11 is 0. The number of hydrogen-bond acceptors (Lipinski definition) is 2. The Hall–Kier alpha value is -1.07. The second-order valence-corrected chi connectivity index (χ2v) is 4.28. The van der Waals surface area contributed by atoms with Gasteiger partial charge in [-0.25, -0.2) is 13.2 Å². The summed E-state index contributed by atoms with van der Waals surface area (Å²) in [6.45, 7) is 0.329. The summed E-state index contributed by atoms with van der Waals surface area (Å²) in [4.78, 5) is 0. The Labute approximate surface area is 97.8 Å². The van der Waals surface area contributed by atoms with Crippen molar-refractivity contribution < 1.29 is 17.9 Å². The maximum atomic E-state index is 12.9. The molecule has 5 heteroatoms. The molecule has 1 aromatic carbocycles. The van der Waals surface area contributed by atoms with Gasteiger partial charge in [-0.1, -0.05) is 0 Å². The van der Waals surface area contributed by atoms with Crippen LogP contribution < -0.4 is 5.32 Å². The van der Waals surface area contributed by atoms with Crippen molar-refractivity contribution in [3.8, 4) is 0 Å². The molecule has 1 aliphatic rings. The van der Waals surface area contributed by atoms with Crippen LogP contribution in [0, 0.1) is 17.5 Å². The van der Waals surface area contributed by atoms with E-state index >= 15 is 0 Å². The second kappa shape index (κ2) is 5.06. The summed E-state index contributed by atoms with van der Waals surface area (Å²) in [7, 11) is 1.66. The van der Waals surface area contributed by atoms with Gasteiger partial charge in [0.25, 0.3) is 0 Å². The van der Waals surface area contributed by atoms with E-state index in [1.165, 1.54) is 0 Å². The second-order valence-electron chi connectivity index (χ2n) is 4.28. The fourth-order valence-corrected chi connectivity index (χ4v) is 1.90. The molecule has 0 aromatic heterocycles. The minimum Gasteiger partial charge on any atom is -0.381 e. The van der Waals surface area contributed by atoms with Crippen LogP contribution in [0.25, 0.3) is 0 Å². The zero-order valence-corrected chi connectivity index (χ0v) is 9.47. The van der Waals surface area contributed by atoms with E-state index in [-0.39, 0.29) is 6.10 Å². The van der Waals surface area contributed by atoms with E-state index < -0.39 is 17.5 Å². The summed E-state index contributed by atoms with van der Waals surface area (Å²) in [6, 6.07) is 2.33. The van der Waals surface area contributed by atoms with E-state index in [1.807, 2.05) is 0 Å². The van der Waals surface area contributed by atoms with Gasteiger partial charge in [-0.2, -0.15) is 0 Å². The number of rotatable bonds is 4. The Morgan fingerprint density at radius 3 is 2.35 bits per heavy atom. The van der Waals surface area contributed by atoms with Gasteiger partial charge in [0.05, 0.1) is 6.10 Å². The molecule has 0 amide bonds. The van der Waals surface area contributed by atoms with Crippen molar-refractivity contribution in [2.45, 2.75) is 31.5 Å². The third-order valence-corrected chi connectivity index (χ3v) is 3.07. The molecule has 0 spiro atoms. The van der Waals surface area contributed by atoms with Crippen molar-refractivity contribution in [2.75, 3.05) is 7.11 Å². The quantitative estimate of drug-likeness (QED) is 0.822. The number of halogens is 3. The number of ether oxygens (including phenoxy) is 1. The molecule has 0 atom stereocenters. The zero-order valence-electron chi connectivity index (χ0n) is 9.47. The highest BCUT2D eigenvalue weighted by Crippen LogP contribution is 2.23. The number of nitrogens with one attached hydrogen (secondary N) is 1. The van der Waals surface area contributed by atoms with Crippen LogP contribution in [0.3, 0.4) is 0 Å². The smallest absolute Gasteiger partial charge is 0.194 e. The first kappa shape index (κ1) is 12.4. The van der Waals surface area contributed by atoms with Crippen LogP contribution in [0.2, 0.25) is 0 Å². The van der Waals surface area contributed by atoms with Crippen LogP contribution in [0.4, 0.5) is 13.2 Å². The molecule has 2 nitrogen and oxygen atoms in total. The normalized spacial score (nSPS) is 23.5. The van der Waals surface area contributed by atoms with Gasteiger partial charge in [-0.15, -0.1) is 0 Å². The summed E-state index contributed by atoms with van der Waals surface area (Å²) in [5.74, 6) is -3.72. The monoisotopic (exact) mass is 245 g/mol. The molecule has 1 saturated carbocycles. The molecule has 1 aromatic rings. The first-order valence-electron chi connectivity index (χ1n) is 5.49. The van der Waals surface area contributed by atoms with Gasteiger partial charge in [0.1, 0.15) is 0 Å². The van der Waals surface area contributed by atoms with Gasteiger partial charge in [0.15, 0.2) is 17.5 Å². The lowest BCUT2D eigenvalue weighted by Gasteiger charge is -2.34. The lowest BCUT2D eigenvalue weighted by molar-refractivity contribution is 0.0170. The third-order valence-electron chi connectivity index (χ3n) is 3.07. The van der Waals surface area contributed by atoms with Crippen LogP contribution in [-0.2, 0) is 11.3 Å². The Morgan fingerprint density at radius 1 is 1.24 bits per heavy atom. The molecule has 2 rings (SSSR count). The highest BCUT2D eigenvalue weighted by Gasteiger charge is 2.28. The SMILES string of the molecule is COC1CC(NCc2cc(F)c(F)c(F)c2)C1. The van der Waals surface area contributed by atoms with Crippen molar-refractivity contribution in [1.29, 1.82) is 0 Å². The van der Waals surface area contributed by atoms with Crippen molar-refractivity contribution >= 4 is 0 Å². The van der Waals surface area contributed by atoms with Crippen LogP contribution in [0.5, 0.6) is 0 Å². The Kier molecular flexibility index (Phi) is 3.69. The molecular formula is C12H14F3NO. The standard InChI is InChI=1S/C12H14F3NO/c1-17-9-4-8(5-9)16-6-7-2-10(13)12(15)11(14)3-7/h2-3,8-9,16H,4-6H2,1H3. The summed E-state index contributed by atoms with van der Waals surface area (Å²) < 4.78 is 43.6. The lowest BCUT2D eigenvalue weighted by Crippen LogP contribution is -2.44. The zero-order chi connectivity index (χ0) is 12.4. The first-order chi connectivity index (χ1) is 8.10. The fraction of sp³-hybridized carbons (Fsp3) is 0.500. The molecule has 1 aliphatic carbocycles. The van der Waals surface area contributed by atoms with E-state index in [2.05, 4.69) is 5.32 Å². The lowest BCUT2D eigenvalue weighted by atomic mass is 9.89. The predicted octanol–water partition coefficient (Wildman–Crippen LogP) is 2.37. The summed E-state index contributed by atoms with van der Waals surface area (Å²) in [5.41, 5.74) is 0.405. The Balaban J connectivity index is 1.88. The van der Waals surface area contributed by atoms with Gasteiger partial charge < -0.3 is 10.1 Å². The minimum absolute atomic E-state index is 0.272. The number of hydrogen-bond donors (Lipinski definition) is 1. The maximum absolute atomic E-state index is 12.9. The van der Waals surface area contributed by atoms with Crippen molar-refractivity contribution in [1.82, 2.24) is 5.32 Å². The number of methoxy groups -OCH3 is 1. The highest BCUT2D eigenvalue weighted by atomic mass is 19.2. The highest BCUT2D eigenvalue weighted by molar-refractivity contribution is 5.19. The van der Waals surface area contributed by atoms with Gasteiger partial charge in [-0.05, 0) is 30.5 Å². The molecule has 17 heavy (non-hydrogen) atoms.